The van der Waals surface area contributed by atoms with Crippen molar-refractivity contribution in [1.82, 2.24) is 4.98 Å². The molecule has 1 aromatic heterocycles. The first-order chi connectivity index (χ1) is 9.93. The Hall–Kier alpha value is -1.16. The number of benzene rings is 1. The van der Waals surface area contributed by atoms with Crippen molar-refractivity contribution in [2.24, 2.45) is 0 Å². The molecule has 0 bridgehead atoms. The summed E-state index contributed by atoms with van der Waals surface area (Å²) in [6.45, 7) is 2.07. The zero-order valence-corrected chi connectivity index (χ0v) is 14.3. The van der Waals surface area contributed by atoms with Gasteiger partial charge in [0.1, 0.15) is 11.6 Å². The van der Waals surface area contributed by atoms with E-state index in [9.17, 15) is 0 Å². The number of anilines is 2. The van der Waals surface area contributed by atoms with Gasteiger partial charge in [0.25, 0.3) is 0 Å². The van der Waals surface area contributed by atoms with Gasteiger partial charge in [0.15, 0.2) is 0 Å². The van der Waals surface area contributed by atoms with Gasteiger partial charge in [-0.15, -0.1) is 0 Å². The van der Waals surface area contributed by atoms with Crippen LogP contribution in [0.25, 0.3) is 0 Å². The minimum Gasteiger partial charge on any atom is -0.372 e. The van der Waals surface area contributed by atoms with E-state index in [0.29, 0.717) is 26.7 Å². The van der Waals surface area contributed by atoms with E-state index in [2.05, 4.69) is 17.2 Å². The summed E-state index contributed by atoms with van der Waals surface area (Å²) < 4.78 is 0. The maximum Gasteiger partial charge on any atom is 0.150 e. The van der Waals surface area contributed by atoms with Crippen molar-refractivity contribution in [3.8, 4) is 0 Å². The minimum atomic E-state index is 0.0691. The summed E-state index contributed by atoms with van der Waals surface area (Å²) in [6, 6.07) is 9.50. The van der Waals surface area contributed by atoms with Crippen molar-refractivity contribution in [3.63, 3.8) is 0 Å². The molecule has 0 saturated carbocycles. The highest BCUT2D eigenvalue weighted by molar-refractivity contribution is 6.37. The van der Waals surface area contributed by atoms with E-state index in [0.717, 1.165) is 5.56 Å². The third-order valence-electron chi connectivity index (χ3n) is 3.39. The second-order valence-electron chi connectivity index (χ2n) is 4.72. The smallest absolute Gasteiger partial charge is 0.150 e. The molecule has 0 radical (unpaired) electrons. The van der Waals surface area contributed by atoms with E-state index in [-0.39, 0.29) is 6.04 Å². The molecule has 1 N–H and O–H groups in total. The van der Waals surface area contributed by atoms with Gasteiger partial charge >= 0.3 is 0 Å². The van der Waals surface area contributed by atoms with E-state index in [1.54, 1.807) is 13.1 Å². The number of nitrogens with zero attached hydrogens (tertiary/aromatic N) is 2. The molecule has 0 spiro atoms. The van der Waals surface area contributed by atoms with Crippen LogP contribution in [0.3, 0.4) is 0 Å². The summed E-state index contributed by atoms with van der Waals surface area (Å²) in [5.74, 6) is 1.26. The maximum atomic E-state index is 6.27. The van der Waals surface area contributed by atoms with Crippen LogP contribution in [-0.2, 0) is 0 Å². The molecule has 1 atom stereocenters. The number of nitrogens with one attached hydrogen (secondary N) is 1. The Morgan fingerprint density at radius 1 is 1.14 bits per heavy atom. The molecule has 0 fully saturated rings. The quantitative estimate of drug-likeness (QED) is 0.817. The predicted molar refractivity (Wildman–Crippen MR) is 92.1 cm³/mol. The lowest BCUT2D eigenvalue weighted by molar-refractivity contribution is 0.729. The van der Waals surface area contributed by atoms with Crippen LogP contribution in [0.4, 0.5) is 11.6 Å². The molecule has 3 nitrogen and oxygen atoms in total. The van der Waals surface area contributed by atoms with Gasteiger partial charge in [0.05, 0.1) is 16.1 Å². The Morgan fingerprint density at radius 3 is 2.48 bits per heavy atom. The monoisotopic (exact) mass is 343 g/mol. The largest absolute Gasteiger partial charge is 0.372 e. The summed E-state index contributed by atoms with van der Waals surface area (Å²) in [5, 5.41) is 4.67. The van der Waals surface area contributed by atoms with Crippen molar-refractivity contribution >= 4 is 46.4 Å². The third kappa shape index (κ3) is 3.54. The highest BCUT2D eigenvalue weighted by atomic mass is 35.5. The van der Waals surface area contributed by atoms with Crippen LogP contribution in [-0.4, -0.2) is 19.1 Å². The molecule has 2 aromatic rings. The maximum absolute atomic E-state index is 6.27. The first-order valence-electron chi connectivity index (χ1n) is 6.46. The second-order valence-corrected chi connectivity index (χ2v) is 5.97. The van der Waals surface area contributed by atoms with Crippen LogP contribution >= 0.6 is 34.8 Å². The molecule has 2 rings (SSSR count). The molecular formula is C15H16Cl3N3. The van der Waals surface area contributed by atoms with Gasteiger partial charge in [-0.2, -0.15) is 0 Å². The van der Waals surface area contributed by atoms with Crippen molar-refractivity contribution in [2.75, 3.05) is 24.3 Å². The first-order valence-corrected chi connectivity index (χ1v) is 7.59. The fourth-order valence-electron chi connectivity index (χ4n) is 2.05. The average molecular weight is 345 g/mol. The lowest BCUT2D eigenvalue weighted by Gasteiger charge is -2.27. The summed E-state index contributed by atoms with van der Waals surface area (Å²) in [6.07, 6.45) is 0. The lowest BCUT2D eigenvalue weighted by atomic mass is 10.1. The zero-order chi connectivity index (χ0) is 15.6. The predicted octanol–water partition coefficient (Wildman–Crippen LogP) is 5.28. The first kappa shape index (κ1) is 16.2. The molecule has 0 amide bonds. The van der Waals surface area contributed by atoms with Crippen LogP contribution in [0.1, 0.15) is 18.5 Å². The molecule has 0 aliphatic carbocycles. The van der Waals surface area contributed by atoms with Crippen LogP contribution in [0.5, 0.6) is 0 Å². The molecule has 0 aliphatic rings. The number of hydrogen-bond donors (Lipinski definition) is 1. The van der Waals surface area contributed by atoms with Gasteiger partial charge in [-0.25, -0.2) is 4.98 Å². The highest BCUT2D eigenvalue weighted by Crippen LogP contribution is 2.34. The molecule has 112 valence electrons. The Kier molecular flexibility index (Phi) is 5.20. The fourth-order valence-corrected chi connectivity index (χ4v) is 2.84. The van der Waals surface area contributed by atoms with E-state index in [1.807, 2.05) is 36.2 Å². The number of halogens is 3. The van der Waals surface area contributed by atoms with E-state index in [4.69, 9.17) is 34.8 Å². The third-order valence-corrected chi connectivity index (χ3v) is 4.20. The van der Waals surface area contributed by atoms with Crippen LogP contribution in [0, 0.1) is 0 Å². The van der Waals surface area contributed by atoms with Crippen molar-refractivity contribution < 1.29 is 0 Å². The normalized spacial score (nSPS) is 12.1. The van der Waals surface area contributed by atoms with E-state index in [1.165, 1.54) is 0 Å². The summed E-state index contributed by atoms with van der Waals surface area (Å²) >= 11 is 18.4. The molecule has 1 heterocycles. The van der Waals surface area contributed by atoms with Gasteiger partial charge in [0.2, 0.25) is 0 Å². The SMILES string of the molecule is CNc1nc(N(C)C(C)c2cccc(Cl)c2)c(Cl)cc1Cl. The zero-order valence-electron chi connectivity index (χ0n) is 12.0. The summed E-state index contributed by atoms with van der Waals surface area (Å²) in [7, 11) is 3.71. The molecular weight excluding hydrogens is 329 g/mol. The Morgan fingerprint density at radius 2 is 1.86 bits per heavy atom. The van der Waals surface area contributed by atoms with Gasteiger partial charge in [-0.1, -0.05) is 46.9 Å². The summed E-state index contributed by atoms with van der Waals surface area (Å²) in [5.41, 5.74) is 1.09. The molecule has 6 heteroatoms. The van der Waals surface area contributed by atoms with Gasteiger partial charge in [0, 0.05) is 19.1 Å². The molecule has 0 saturated heterocycles. The number of aromatic nitrogens is 1. The second kappa shape index (κ2) is 6.73. The molecule has 1 unspecified atom stereocenters. The Balaban J connectivity index is 2.37. The number of pyridine rings is 1. The van der Waals surface area contributed by atoms with Crippen molar-refractivity contribution in [3.05, 3.63) is 51.0 Å². The van der Waals surface area contributed by atoms with Crippen LogP contribution < -0.4 is 10.2 Å². The van der Waals surface area contributed by atoms with Crippen molar-refractivity contribution in [2.45, 2.75) is 13.0 Å². The fraction of sp³-hybridized carbons (Fsp3) is 0.267. The minimum absolute atomic E-state index is 0.0691. The topological polar surface area (TPSA) is 28.2 Å². The number of hydrogen-bond acceptors (Lipinski definition) is 3. The van der Waals surface area contributed by atoms with Crippen LogP contribution in [0.2, 0.25) is 15.1 Å². The molecule has 1 aromatic carbocycles. The van der Waals surface area contributed by atoms with E-state index < -0.39 is 0 Å². The summed E-state index contributed by atoms with van der Waals surface area (Å²) in [4.78, 5) is 6.47. The van der Waals surface area contributed by atoms with Gasteiger partial charge < -0.3 is 10.2 Å². The van der Waals surface area contributed by atoms with Crippen LogP contribution in [0.15, 0.2) is 30.3 Å². The van der Waals surface area contributed by atoms with Gasteiger partial charge in [-0.05, 0) is 30.7 Å². The highest BCUT2D eigenvalue weighted by Gasteiger charge is 2.18. The van der Waals surface area contributed by atoms with Crippen molar-refractivity contribution in [1.29, 1.82) is 0 Å². The molecule has 21 heavy (non-hydrogen) atoms. The molecule has 0 aliphatic heterocycles. The Labute approximate surface area is 139 Å². The Bertz CT molecular complexity index is 646. The average Bonchev–Trinajstić information content (AvgIpc) is 2.46. The van der Waals surface area contributed by atoms with Gasteiger partial charge in [-0.3, -0.25) is 0 Å². The van der Waals surface area contributed by atoms with E-state index >= 15 is 0 Å². The standard InChI is InChI=1S/C15H16Cl3N3/c1-9(10-5-4-6-11(16)7-10)21(3)15-13(18)8-12(17)14(19-2)20-15/h4-9H,1-3H3,(H,19,20). The lowest BCUT2D eigenvalue weighted by Crippen LogP contribution is -2.23. The number of rotatable bonds is 4.